The van der Waals surface area contributed by atoms with Gasteiger partial charge in [-0.15, -0.1) is 11.3 Å². The summed E-state index contributed by atoms with van der Waals surface area (Å²) in [6.45, 7) is 4.48. The summed E-state index contributed by atoms with van der Waals surface area (Å²) in [6.07, 6.45) is 3.02. The van der Waals surface area contributed by atoms with E-state index in [1.807, 2.05) is 13.0 Å². The summed E-state index contributed by atoms with van der Waals surface area (Å²) in [4.78, 5) is 27.5. The summed E-state index contributed by atoms with van der Waals surface area (Å²) in [5.74, 6) is 0.412. The smallest absolute Gasteiger partial charge is 0.260 e. The number of nitrogens with one attached hydrogen (secondary N) is 2. The van der Waals surface area contributed by atoms with Crippen LogP contribution in [0.15, 0.2) is 24.3 Å². The fraction of sp³-hybridized carbons (Fsp3) is 0.478. The molecule has 1 aliphatic carbocycles. The molecular formula is C23H28N2O5S2. The summed E-state index contributed by atoms with van der Waals surface area (Å²) < 4.78 is 29.2. The van der Waals surface area contributed by atoms with Crippen molar-refractivity contribution >= 4 is 38.0 Å². The predicted octanol–water partition coefficient (Wildman–Crippen LogP) is 3.44. The number of amides is 2. The molecule has 7 nitrogen and oxygen atoms in total. The van der Waals surface area contributed by atoms with Crippen LogP contribution < -0.4 is 15.4 Å². The maximum atomic E-state index is 13.3. The number of carbonyl (C=O) groups excluding carboxylic acids is 2. The molecular weight excluding hydrogens is 448 g/mol. The molecule has 32 heavy (non-hydrogen) atoms. The highest BCUT2D eigenvalue weighted by atomic mass is 32.2. The number of benzene rings is 1. The van der Waals surface area contributed by atoms with Gasteiger partial charge in [0.15, 0.2) is 9.84 Å². The first-order valence-electron chi connectivity index (χ1n) is 11.0. The highest BCUT2D eigenvalue weighted by molar-refractivity contribution is 7.91. The highest BCUT2D eigenvalue weighted by Crippen LogP contribution is 2.40. The molecule has 2 heterocycles. The van der Waals surface area contributed by atoms with Gasteiger partial charge in [-0.05, 0) is 56.2 Å². The first kappa shape index (κ1) is 22.8. The molecule has 2 aliphatic rings. The molecule has 172 valence electrons. The Morgan fingerprint density at radius 1 is 1.19 bits per heavy atom. The minimum Gasteiger partial charge on any atom is -0.493 e. The van der Waals surface area contributed by atoms with E-state index in [1.54, 1.807) is 18.2 Å². The van der Waals surface area contributed by atoms with Crippen LogP contribution in [0.25, 0.3) is 0 Å². The molecule has 9 heteroatoms. The van der Waals surface area contributed by atoms with Gasteiger partial charge in [-0.3, -0.25) is 9.59 Å². The fourth-order valence-electron chi connectivity index (χ4n) is 4.35. The molecule has 2 N–H and O–H groups in total. The molecule has 0 bridgehead atoms. The number of anilines is 1. The monoisotopic (exact) mass is 476 g/mol. The summed E-state index contributed by atoms with van der Waals surface area (Å²) >= 11 is 1.44. The summed E-state index contributed by atoms with van der Waals surface area (Å²) in [7, 11) is -3.11. The van der Waals surface area contributed by atoms with E-state index in [-0.39, 0.29) is 23.3 Å². The van der Waals surface area contributed by atoms with Crippen LogP contribution in [-0.4, -0.2) is 44.4 Å². The number of thiophene rings is 1. The largest absolute Gasteiger partial charge is 0.493 e. The fourth-order valence-corrected chi connectivity index (χ4v) is 7.43. The molecule has 1 fully saturated rings. The average Bonchev–Trinajstić information content (AvgIpc) is 3.26. The quantitative estimate of drug-likeness (QED) is 0.665. The van der Waals surface area contributed by atoms with E-state index in [2.05, 4.69) is 17.6 Å². The van der Waals surface area contributed by atoms with E-state index >= 15 is 0 Å². The third-order valence-electron chi connectivity index (χ3n) is 5.96. The molecule has 2 aromatic rings. The summed E-state index contributed by atoms with van der Waals surface area (Å²) in [6, 6.07) is 6.62. The van der Waals surface area contributed by atoms with Crippen LogP contribution in [0.5, 0.6) is 5.75 Å². The van der Waals surface area contributed by atoms with Gasteiger partial charge in [0.05, 0.1) is 29.2 Å². The Hall–Kier alpha value is -2.39. The molecule has 1 aliphatic heterocycles. The van der Waals surface area contributed by atoms with E-state index in [9.17, 15) is 18.0 Å². The lowest BCUT2D eigenvalue weighted by Crippen LogP contribution is -2.36. The van der Waals surface area contributed by atoms with Crippen LogP contribution in [0, 0.1) is 5.92 Å². The maximum absolute atomic E-state index is 13.3. The Kier molecular flexibility index (Phi) is 6.57. The second-order valence-corrected chi connectivity index (χ2v) is 11.8. The van der Waals surface area contributed by atoms with Crippen molar-refractivity contribution < 1.29 is 22.7 Å². The maximum Gasteiger partial charge on any atom is 0.260 e. The number of rotatable bonds is 6. The first-order valence-corrected chi connectivity index (χ1v) is 13.6. The standard InChI is InChI=1S/C23H28N2O5S2/c1-3-30-18-7-5-4-6-16(18)21(26)25-23-20(17-9-8-14(2)12-19(17)31-23)22(27)24-15-10-11-32(28,29)13-15/h4-7,14-15H,3,8-13H2,1-2H3,(H,24,27)(H,25,26)/t14-,15+/m1/s1. The Morgan fingerprint density at radius 3 is 2.69 bits per heavy atom. The summed E-state index contributed by atoms with van der Waals surface area (Å²) in [5, 5.41) is 6.35. The van der Waals surface area contributed by atoms with Gasteiger partial charge in [-0.2, -0.15) is 0 Å². The molecule has 1 aromatic carbocycles. The van der Waals surface area contributed by atoms with Crippen LogP contribution in [0.2, 0.25) is 0 Å². The van der Waals surface area contributed by atoms with Crippen molar-refractivity contribution in [3.63, 3.8) is 0 Å². The van der Waals surface area contributed by atoms with E-state index < -0.39 is 15.9 Å². The Balaban J connectivity index is 1.63. The normalized spacial score (nSPS) is 21.6. The highest BCUT2D eigenvalue weighted by Gasteiger charge is 2.33. The number of carbonyl (C=O) groups is 2. The van der Waals surface area contributed by atoms with Crippen LogP contribution >= 0.6 is 11.3 Å². The van der Waals surface area contributed by atoms with Crippen LogP contribution in [0.4, 0.5) is 5.00 Å². The zero-order chi connectivity index (χ0) is 22.9. The van der Waals surface area contributed by atoms with Crippen molar-refractivity contribution in [2.45, 2.75) is 45.6 Å². The van der Waals surface area contributed by atoms with Crippen LogP contribution in [0.1, 0.15) is 57.8 Å². The number of fused-ring (bicyclic) bond motifs is 1. The minimum atomic E-state index is -3.11. The van der Waals surface area contributed by atoms with Gasteiger partial charge in [0.25, 0.3) is 11.8 Å². The second kappa shape index (κ2) is 9.23. The van der Waals surface area contributed by atoms with Crippen molar-refractivity contribution in [2.24, 2.45) is 5.92 Å². The molecule has 0 radical (unpaired) electrons. The van der Waals surface area contributed by atoms with Gasteiger partial charge in [0.1, 0.15) is 10.8 Å². The van der Waals surface area contributed by atoms with Crippen LogP contribution in [-0.2, 0) is 22.7 Å². The van der Waals surface area contributed by atoms with Gasteiger partial charge in [0, 0.05) is 10.9 Å². The number of hydrogen-bond acceptors (Lipinski definition) is 6. The van der Waals surface area contributed by atoms with Gasteiger partial charge in [0.2, 0.25) is 0 Å². The lowest BCUT2D eigenvalue weighted by atomic mass is 9.88. The third kappa shape index (κ3) is 4.83. The molecule has 2 amide bonds. The van der Waals surface area contributed by atoms with Gasteiger partial charge in [-0.25, -0.2) is 8.42 Å². The number of para-hydroxylation sites is 1. The molecule has 0 spiro atoms. The van der Waals surface area contributed by atoms with E-state index in [4.69, 9.17) is 4.74 Å². The zero-order valence-electron chi connectivity index (χ0n) is 18.3. The van der Waals surface area contributed by atoms with Crippen molar-refractivity contribution in [2.75, 3.05) is 23.4 Å². The van der Waals surface area contributed by atoms with E-state index in [1.165, 1.54) is 11.3 Å². The Bertz CT molecular complexity index is 1140. The van der Waals surface area contributed by atoms with E-state index in [0.717, 1.165) is 29.7 Å². The topological polar surface area (TPSA) is 102 Å². The van der Waals surface area contributed by atoms with Crippen molar-refractivity contribution in [1.82, 2.24) is 5.32 Å². The Labute approximate surface area is 192 Å². The van der Waals surface area contributed by atoms with Gasteiger partial charge < -0.3 is 15.4 Å². The second-order valence-electron chi connectivity index (χ2n) is 8.51. The molecule has 1 saturated heterocycles. The predicted molar refractivity (Wildman–Crippen MR) is 126 cm³/mol. The minimum absolute atomic E-state index is 0.0362. The lowest BCUT2D eigenvalue weighted by Gasteiger charge is -2.19. The third-order valence-corrected chi connectivity index (χ3v) is 8.90. The molecule has 0 saturated carbocycles. The molecule has 2 atom stereocenters. The van der Waals surface area contributed by atoms with E-state index in [0.29, 0.717) is 40.8 Å². The van der Waals surface area contributed by atoms with Gasteiger partial charge >= 0.3 is 0 Å². The zero-order valence-corrected chi connectivity index (χ0v) is 19.9. The number of ether oxygens (including phenoxy) is 1. The Morgan fingerprint density at radius 2 is 1.97 bits per heavy atom. The number of hydrogen-bond donors (Lipinski definition) is 2. The summed E-state index contributed by atoms with van der Waals surface area (Å²) in [5.41, 5.74) is 1.85. The lowest BCUT2D eigenvalue weighted by molar-refractivity contribution is 0.0941. The van der Waals surface area contributed by atoms with Crippen molar-refractivity contribution in [3.8, 4) is 5.75 Å². The van der Waals surface area contributed by atoms with Gasteiger partial charge in [-0.1, -0.05) is 19.1 Å². The van der Waals surface area contributed by atoms with Crippen molar-refractivity contribution in [3.05, 3.63) is 45.8 Å². The SMILES string of the molecule is CCOc1ccccc1C(=O)Nc1sc2c(c1C(=O)N[C@H]1CCS(=O)(=O)C1)CC[C@@H](C)C2. The van der Waals surface area contributed by atoms with Crippen molar-refractivity contribution in [1.29, 1.82) is 0 Å². The average molecular weight is 477 g/mol. The first-order chi connectivity index (χ1) is 15.3. The number of sulfone groups is 1. The van der Waals surface area contributed by atoms with Crippen LogP contribution in [0.3, 0.4) is 0 Å². The molecule has 1 aromatic heterocycles. The molecule has 0 unspecified atom stereocenters. The molecule has 4 rings (SSSR count).